The molecular weight excluding hydrogens is 332 g/mol. The minimum atomic E-state index is -0.163. The van der Waals surface area contributed by atoms with Crippen molar-refractivity contribution in [3.63, 3.8) is 0 Å². The topological polar surface area (TPSA) is 41.1 Å². The number of carbonyl (C=O) groups is 1. The molecule has 2 aliphatic rings. The maximum atomic E-state index is 12.9. The zero-order valence-corrected chi connectivity index (χ0v) is 16.2. The largest absolute Gasteiger partial charge is 0.356 e. The molecule has 2 N–H and O–H groups in total. The summed E-state index contributed by atoms with van der Waals surface area (Å²) in [6.07, 6.45) is 4.24. The SMILES string of the molecule is CC1(C(=O)NCCC(c2ccccc2)c2ccccc2)CC12CCNCC2. The number of nitrogens with one attached hydrogen (secondary N) is 2. The fourth-order valence-corrected chi connectivity index (χ4v) is 5.01. The predicted octanol–water partition coefficient (Wildman–Crippen LogP) is 4.10. The van der Waals surface area contributed by atoms with Crippen LogP contribution < -0.4 is 10.6 Å². The zero-order chi connectivity index (χ0) is 18.7. The van der Waals surface area contributed by atoms with Crippen LogP contribution in [0.3, 0.4) is 0 Å². The Morgan fingerprint density at radius 3 is 2.11 bits per heavy atom. The van der Waals surface area contributed by atoms with Crippen molar-refractivity contribution in [3.8, 4) is 0 Å². The normalized spacial score (nSPS) is 23.3. The minimum absolute atomic E-state index is 0.163. The smallest absolute Gasteiger partial charge is 0.226 e. The Balaban J connectivity index is 1.39. The van der Waals surface area contributed by atoms with Crippen LogP contribution in [0.5, 0.6) is 0 Å². The number of hydrogen-bond donors (Lipinski definition) is 2. The number of carbonyl (C=O) groups excluding carboxylic acids is 1. The molecule has 1 aliphatic heterocycles. The standard InChI is InChI=1S/C24H30N2O/c1-23(18-24(23)13-16-25-17-14-24)22(27)26-15-12-21(19-8-4-2-5-9-19)20-10-6-3-7-11-20/h2-11,21,25H,12-18H2,1H3,(H,26,27). The van der Waals surface area contributed by atoms with E-state index in [4.69, 9.17) is 0 Å². The van der Waals surface area contributed by atoms with E-state index in [-0.39, 0.29) is 16.7 Å². The Labute approximate surface area is 162 Å². The lowest BCUT2D eigenvalue weighted by atomic mass is 9.85. The van der Waals surface area contributed by atoms with Crippen molar-refractivity contribution in [2.24, 2.45) is 10.8 Å². The van der Waals surface area contributed by atoms with E-state index < -0.39 is 0 Å². The van der Waals surface area contributed by atoms with Gasteiger partial charge in [0, 0.05) is 12.5 Å². The van der Waals surface area contributed by atoms with Crippen LogP contribution in [0.4, 0.5) is 0 Å². The van der Waals surface area contributed by atoms with E-state index in [2.05, 4.69) is 78.2 Å². The summed E-state index contributed by atoms with van der Waals surface area (Å²) in [7, 11) is 0. The van der Waals surface area contributed by atoms with Crippen LogP contribution in [0, 0.1) is 10.8 Å². The average Bonchev–Trinajstić information content (AvgIpc) is 3.30. The first-order valence-corrected chi connectivity index (χ1v) is 10.2. The molecule has 1 saturated carbocycles. The van der Waals surface area contributed by atoms with Crippen LogP contribution in [0.2, 0.25) is 0 Å². The monoisotopic (exact) mass is 362 g/mol. The number of piperidine rings is 1. The van der Waals surface area contributed by atoms with Gasteiger partial charge < -0.3 is 10.6 Å². The Morgan fingerprint density at radius 2 is 1.56 bits per heavy atom. The molecule has 2 aromatic carbocycles. The third-order valence-electron chi connectivity index (χ3n) is 6.92. The van der Waals surface area contributed by atoms with Crippen molar-refractivity contribution in [2.45, 2.75) is 38.5 Å². The van der Waals surface area contributed by atoms with Gasteiger partial charge in [-0.25, -0.2) is 0 Å². The molecule has 1 aliphatic carbocycles. The molecule has 1 spiro atoms. The van der Waals surface area contributed by atoms with Gasteiger partial charge in [0.25, 0.3) is 0 Å². The molecule has 4 rings (SSSR count). The summed E-state index contributed by atoms with van der Waals surface area (Å²) < 4.78 is 0. The summed E-state index contributed by atoms with van der Waals surface area (Å²) in [5, 5.41) is 6.69. The molecule has 1 amide bonds. The highest BCUT2D eigenvalue weighted by Crippen LogP contribution is 2.68. The van der Waals surface area contributed by atoms with E-state index in [1.807, 2.05) is 0 Å². The highest BCUT2D eigenvalue weighted by molar-refractivity contribution is 5.86. The molecule has 2 aromatic rings. The van der Waals surface area contributed by atoms with E-state index in [0.717, 1.165) is 45.3 Å². The van der Waals surface area contributed by atoms with Crippen molar-refractivity contribution in [1.29, 1.82) is 0 Å². The molecule has 1 atom stereocenters. The molecule has 0 bridgehead atoms. The van der Waals surface area contributed by atoms with Crippen LogP contribution in [0.1, 0.15) is 49.7 Å². The average molecular weight is 363 g/mol. The number of hydrogen-bond acceptors (Lipinski definition) is 2. The maximum absolute atomic E-state index is 12.9. The Kier molecular flexibility index (Phi) is 5.05. The summed E-state index contributed by atoms with van der Waals surface area (Å²) in [6, 6.07) is 21.2. The summed E-state index contributed by atoms with van der Waals surface area (Å²) in [5.74, 6) is 0.567. The van der Waals surface area contributed by atoms with Crippen molar-refractivity contribution < 1.29 is 4.79 Å². The Bertz CT molecular complexity index is 728. The third-order valence-corrected chi connectivity index (χ3v) is 6.92. The van der Waals surface area contributed by atoms with Crippen LogP contribution in [-0.2, 0) is 4.79 Å². The first kappa shape index (κ1) is 18.2. The second kappa shape index (κ2) is 7.47. The van der Waals surface area contributed by atoms with E-state index in [1.165, 1.54) is 11.1 Å². The molecule has 1 saturated heterocycles. The van der Waals surface area contributed by atoms with E-state index >= 15 is 0 Å². The minimum Gasteiger partial charge on any atom is -0.356 e. The molecule has 3 heteroatoms. The Hall–Kier alpha value is -2.13. The molecule has 1 unspecified atom stereocenters. The lowest BCUT2D eigenvalue weighted by molar-refractivity contribution is -0.127. The van der Waals surface area contributed by atoms with Gasteiger partial charge in [0.1, 0.15) is 0 Å². The lowest BCUT2D eigenvalue weighted by Gasteiger charge is -2.27. The quantitative estimate of drug-likeness (QED) is 0.812. The maximum Gasteiger partial charge on any atom is 0.226 e. The van der Waals surface area contributed by atoms with E-state index in [9.17, 15) is 4.79 Å². The fraction of sp³-hybridized carbons (Fsp3) is 0.458. The van der Waals surface area contributed by atoms with E-state index in [0.29, 0.717) is 5.92 Å². The van der Waals surface area contributed by atoms with Gasteiger partial charge in [0.05, 0.1) is 5.41 Å². The van der Waals surface area contributed by atoms with Crippen molar-refractivity contribution in [3.05, 3.63) is 71.8 Å². The zero-order valence-electron chi connectivity index (χ0n) is 16.2. The fourth-order valence-electron chi connectivity index (χ4n) is 5.01. The second-order valence-corrected chi connectivity index (χ2v) is 8.46. The molecule has 142 valence electrons. The molecular formula is C24H30N2O. The molecule has 1 heterocycles. The number of amides is 1. The second-order valence-electron chi connectivity index (χ2n) is 8.46. The number of rotatable bonds is 6. The van der Waals surface area contributed by atoms with Gasteiger partial charge in [0.2, 0.25) is 5.91 Å². The van der Waals surface area contributed by atoms with Gasteiger partial charge in [0.15, 0.2) is 0 Å². The van der Waals surface area contributed by atoms with Gasteiger partial charge in [-0.1, -0.05) is 67.6 Å². The highest BCUT2D eigenvalue weighted by Gasteiger charge is 2.67. The van der Waals surface area contributed by atoms with Crippen LogP contribution in [0.25, 0.3) is 0 Å². The molecule has 0 radical (unpaired) electrons. The summed E-state index contributed by atoms with van der Waals surface area (Å²) in [4.78, 5) is 12.9. The van der Waals surface area contributed by atoms with Gasteiger partial charge in [-0.3, -0.25) is 4.79 Å². The van der Waals surface area contributed by atoms with Gasteiger partial charge in [-0.2, -0.15) is 0 Å². The lowest BCUT2D eigenvalue weighted by Crippen LogP contribution is -2.39. The van der Waals surface area contributed by atoms with Crippen LogP contribution >= 0.6 is 0 Å². The first-order valence-electron chi connectivity index (χ1n) is 10.2. The summed E-state index contributed by atoms with van der Waals surface area (Å²) in [6.45, 7) is 4.98. The first-order chi connectivity index (χ1) is 13.1. The van der Waals surface area contributed by atoms with Gasteiger partial charge in [-0.05, 0) is 55.3 Å². The molecule has 3 nitrogen and oxygen atoms in total. The molecule has 27 heavy (non-hydrogen) atoms. The van der Waals surface area contributed by atoms with Crippen molar-refractivity contribution in [2.75, 3.05) is 19.6 Å². The Morgan fingerprint density at radius 1 is 1.00 bits per heavy atom. The predicted molar refractivity (Wildman–Crippen MR) is 110 cm³/mol. The van der Waals surface area contributed by atoms with Gasteiger partial charge in [-0.15, -0.1) is 0 Å². The molecule has 0 aromatic heterocycles. The molecule has 2 fully saturated rings. The van der Waals surface area contributed by atoms with Crippen LogP contribution in [-0.4, -0.2) is 25.5 Å². The van der Waals surface area contributed by atoms with Crippen molar-refractivity contribution >= 4 is 5.91 Å². The van der Waals surface area contributed by atoms with Crippen molar-refractivity contribution in [1.82, 2.24) is 10.6 Å². The summed E-state index contributed by atoms with van der Waals surface area (Å²) in [5.41, 5.74) is 2.71. The van der Waals surface area contributed by atoms with E-state index in [1.54, 1.807) is 0 Å². The van der Waals surface area contributed by atoms with Gasteiger partial charge >= 0.3 is 0 Å². The number of benzene rings is 2. The highest BCUT2D eigenvalue weighted by atomic mass is 16.2. The third kappa shape index (κ3) is 3.53. The summed E-state index contributed by atoms with van der Waals surface area (Å²) >= 11 is 0. The van der Waals surface area contributed by atoms with Crippen LogP contribution in [0.15, 0.2) is 60.7 Å².